The zero-order valence-electron chi connectivity index (χ0n) is 17.2. The lowest BCUT2D eigenvalue weighted by Crippen LogP contribution is -2.38. The van der Waals surface area contributed by atoms with E-state index in [1.54, 1.807) is 11.2 Å². The summed E-state index contributed by atoms with van der Waals surface area (Å²) in [5, 5.41) is 5.11. The van der Waals surface area contributed by atoms with Gasteiger partial charge in [0.15, 0.2) is 0 Å². The van der Waals surface area contributed by atoms with Crippen LogP contribution in [0, 0.1) is 5.92 Å². The van der Waals surface area contributed by atoms with E-state index in [0.29, 0.717) is 6.04 Å². The van der Waals surface area contributed by atoms with Crippen molar-refractivity contribution in [3.8, 4) is 0 Å². The first-order chi connectivity index (χ1) is 14.3. The fraction of sp³-hybridized carbons (Fsp3) is 0.500. The second-order valence-corrected chi connectivity index (χ2v) is 9.69. The first-order valence-electron chi connectivity index (χ1n) is 11.1. The monoisotopic (exact) mass is 406 g/mol. The number of likely N-dealkylation sites (tertiary alicyclic amines) is 1. The average Bonchev–Trinajstić information content (AvgIpc) is 3.14. The van der Waals surface area contributed by atoms with Crippen LogP contribution in [-0.4, -0.2) is 34.0 Å². The molecule has 1 aromatic carbocycles. The molecule has 0 spiro atoms. The summed E-state index contributed by atoms with van der Waals surface area (Å²) in [5.74, 6) is 1.91. The van der Waals surface area contributed by atoms with Crippen LogP contribution in [0.3, 0.4) is 0 Å². The van der Waals surface area contributed by atoms with E-state index < -0.39 is 0 Å². The van der Waals surface area contributed by atoms with Crippen LogP contribution in [0.5, 0.6) is 0 Å². The lowest BCUT2D eigenvalue weighted by molar-refractivity contribution is 0.211. The number of hydrogen-bond acceptors (Lipinski definition) is 5. The van der Waals surface area contributed by atoms with Crippen molar-refractivity contribution in [3.63, 3.8) is 0 Å². The Morgan fingerprint density at radius 3 is 2.72 bits per heavy atom. The molecule has 5 heteroatoms. The number of benzene rings is 1. The molecular formula is C24H30N4S. The largest absolute Gasteiger partial charge is 0.367 e. The van der Waals surface area contributed by atoms with Gasteiger partial charge in [0, 0.05) is 30.6 Å². The van der Waals surface area contributed by atoms with Crippen molar-refractivity contribution in [1.29, 1.82) is 0 Å². The van der Waals surface area contributed by atoms with Crippen molar-refractivity contribution in [2.45, 2.75) is 58.0 Å². The average molecular weight is 407 g/mol. The van der Waals surface area contributed by atoms with Crippen LogP contribution in [-0.2, 0) is 19.4 Å². The molecule has 4 nitrogen and oxygen atoms in total. The Morgan fingerprint density at radius 2 is 1.93 bits per heavy atom. The van der Waals surface area contributed by atoms with E-state index in [4.69, 9.17) is 0 Å². The molecule has 0 saturated carbocycles. The maximum Gasteiger partial charge on any atom is 0.138 e. The minimum absolute atomic E-state index is 0.502. The third-order valence-corrected chi connectivity index (χ3v) is 7.86. The van der Waals surface area contributed by atoms with Gasteiger partial charge in [0.05, 0.1) is 5.39 Å². The highest BCUT2D eigenvalue weighted by Crippen LogP contribution is 2.40. The summed E-state index contributed by atoms with van der Waals surface area (Å²) in [4.78, 5) is 14.6. The van der Waals surface area contributed by atoms with Gasteiger partial charge in [-0.2, -0.15) is 0 Å². The van der Waals surface area contributed by atoms with Crippen LogP contribution in [0.2, 0.25) is 0 Å². The SMILES string of the molecule is CCC1CCc2c(sc3ncnc(NC4CCN(Cc5ccccc5)CC4)c23)C1. The number of fused-ring (bicyclic) bond motifs is 3. The standard InChI is InChI=1S/C24H30N4S/c1-2-17-8-9-20-21(14-17)29-24-22(20)23(25-16-26-24)27-19-10-12-28(13-11-19)15-18-6-4-3-5-7-18/h3-7,16-17,19H,2,8-15H2,1H3,(H,25,26,27). The Labute approximate surface area is 177 Å². The van der Waals surface area contributed by atoms with Gasteiger partial charge in [0.25, 0.3) is 0 Å². The molecule has 5 rings (SSSR count). The molecule has 1 aliphatic carbocycles. The number of nitrogens with zero attached hydrogens (tertiary/aromatic N) is 3. The van der Waals surface area contributed by atoms with E-state index >= 15 is 0 Å². The Morgan fingerprint density at radius 1 is 1.10 bits per heavy atom. The molecule has 1 aliphatic heterocycles. The molecule has 1 atom stereocenters. The molecule has 0 amide bonds. The predicted molar refractivity (Wildman–Crippen MR) is 122 cm³/mol. The van der Waals surface area contributed by atoms with Gasteiger partial charge in [0.1, 0.15) is 17.0 Å². The minimum Gasteiger partial charge on any atom is -0.367 e. The zero-order chi connectivity index (χ0) is 19.6. The minimum atomic E-state index is 0.502. The number of hydrogen-bond donors (Lipinski definition) is 1. The lowest BCUT2D eigenvalue weighted by Gasteiger charge is -2.32. The number of nitrogens with one attached hydrogen (secondary N) is 1. The second-order valence-electron chi connectivity index (χ2n) is 8.60. The molecule has 2 aromatic heterocycles. The molecule has 0 bridgehead atoms. The van der Waals surface area contributed by atoms with E-state index in [1.807, 2.05) is 11.3 Å². The molecule has 1 N–H and O–H groups in total. The molecule has 3 heterocycles. The molecule has 1 saturated heterocycles. The normalized spacial score (nSPS) is 20.7. The van der Waals surface area contributed by atoms with Gasteiger partial charge >= 0.3 is 0 Å². The van der Waals surface area contributed by atoms with Gasteiger partial charge < -0.3 is 5.32 Å². The van der Waals surface area contributed by atoms with Gasteiger partial charge in [-0.15, -0.1) is 11.3 Å². The third-order valence-electron chi connectivity index (χ3n) is 6.70. The summed E-state index contributed by atoms with van der Waals surface area (Å²) in [7, 11) is 0. The van der Waals surface area contributed by atoms with Crippen LogP contribution in [0.1, 0.15) is 48.6 Å². The van der Waals surface area contributed by atoms with Crippen LogP contribution < -0.4 is 5.32 Å². The van der Waals surface area contributed by atoms with E-state index in [9.17, 15) is 0 Å². The smallest absolute Gasteiger partial charge is 0.138 e. The van der Waals surface area contributed by atoms with Crippen LogP contribution in [0.25, 0.3) is 10.2 Å². The highest BCUT2D eigenvalue weighted by Gasteiger charge is 2.26. The number of thiophene rings is 1. The van der Waals surface area contributed by atoms with Gasteiger partial charge in [-0.3, -0.25) is 4.90 Å². The second kappa shape index (κ2) is 8.41. The Bertz CT molecular complexity index is 960. The van der Waals surface area contributed by atoms with E-state index in [0.717, 1.165) is 31.4 Å². The number of aromatic nitrogens is 2. The molecule has 0 radical (unpaired) electrons. The van der Waals surface area contributed by atoms with Gasteiger partial charge in [-0.25, -0.2) is 9.97 Å². The third kappa shape index (κ3) is 4.03. The summed E-state index contributed by atoms with van der Waals surface area (Å²) in [5.41, 5.74) is 2.94. The highest BCUT2D eigenvalue weighted by molar-refractivity contribution is 7.19. The lowest BCUT2D eigenvalue weighted by atomic mass is 9.86. The van der Waals surface area contributed by atoms with E-state index in [-0.39, 0.29) is 0 Å². The fourth-order valence-corrected chi connectivity index (χ4v) is 6.21. The molecular weight excluding hydrogens is 376 g/mol. The summed E-state index contributed by atoms with van der Waals surface area (Å²) in [6.07, 6.45) is 9.09. The van der Waals surface area contributed by atoms with Crippen molar-refractivity contribution >= 4 is 27.4 Å². The van der Waals surface area contributed by atoms with E-state index in [2.05, 4.69) is 57.4 Å². The first-order valence-corrected chi connectivity index (χ1v) is 11.9. The Hall–Kier alpha value is -1.98. The molecule has 152 valence electrons. The predicted octanol–water partition coefficient (Wildman–Crippen LogP) is 5.28. The first kappa shape index (κ1) is 19.0. The van der Waals surface area contributed by atoms with Crippen molar-refractivity contribution in [2.24, 2.45) is 5.92 Å². The van der Waals surface area contributed by atoms with Gasteiger partial charge in [-0.05, 0) is 49.1 Å². The molecule has 2 aliphatic rings. The maximum absolute atomic E-state index is 4.68. The number of anilines is 1. The van der Waals surface area contributed by atoms with Crippen LogP contribution in [0.15, 0.2) is 36.7 Å². The summed E-state index contributed by atoms with van der Waals surface area (Å²) < 4.78 is 0. The van der Waals surface area contributed by atoms with E-state index in [1.165, 1.54) is 59.9 Å². The summed E-state index contributed by atoms with van der Waals surface area (Å²) in [6, 6.07) is 11.3. The Kier molecular flexibility index (Phi) is 5.51. The summed E-state index contributed by atoms with van der Waals surface area (Å²) >= 11 is 1.90. The van der Waals surface area contributed by atoms with Crippen molar-refractivity contribution in [2.75, 3.05) is 18.4 Å². The molecule has 1 unspecified atom stereocenters. The highest BCUT2D eigenvalue weighted by atomic mass is 32.1. The zero-order valence-corrected chi connectivity index (χ0v) is 18.0. The quantitative estimate of drug-likeness (QED) is 0.626. The number of piperidine rings is 1. The fourth-order valence-electron chi connectivity index (χ4n) is 4.91. The topological polar surface area (TPSA) is 41.1 Å². The van der Waals surface area contributed by atoms with Gasteiger partial charge in [0.2, 0.25) is 0 Å². The molecule has 29 heavy (non-hydrogen) atoms. The molecule has 3 aromatic rings. The number of rotatable bonds is 5. The van der Waals surface area contributed by atoms with Crippen LogP contribution in [0.4, 0.5) is 5.82 Å². The van der Waals surface area contributed by atoms with Crippen molar-refractivity contribution < 1.29 is 0 Å². The maximum atomic E-state index is 4.68. The summed E-state index contributed by atoms with van der Waals surface area (Å²) in [6.45, 7) is 5.66. The van der Waals surface area contributed by atoms with Crippen molar-refractivity contribution in [1.82, 2.24) is 14.9 Å². The van der Waals surface area contributed by atoms with Crippen LogP contribution >= 0.6 is 11.3 Å². The number of aryl methyl sites for hydroxylation is 1. The molecule has 1 fully saturated rings. The Balaban J connectivity index is 1.27. The van der Waals surface area contributed by atoms with Crippen molar-refractivity contribution in [3.05, 3.63) is 52.7 Å². The van der Waals surface area contributed by atoms with Gasteiger partial charge in [-0.1, -0.05) is 43.7 Å².